The minimum atomic E-state index is 0.00208. The van der Waals surface area contributed by atoms with Crippen LogP contribution in [0.2, 0.25) is 0 Å². The van der Waals surface area contributed by atoms with Gasteiger partial charge in [-0.05, 0) is 30.8 Å². The van der Waals surface area contributed by atoms with Gasteiger partial charge in [0.15, 0.2) is 0 Å². The molecular weight excluding hydrogens is 234 g/mol. The minimum absolute atomic E-state index is 0.00208. The van der Waals surface area contributed by atoms with E-state index in [9.17, 15) is 5.11 Å². The number of nitrogens with zero attached hydrogens (tertiary/aromatic N) is 1. The lowest BCUT2D eigenvalue weighted by atomic mass is 10.2. The van der Waals surface area contributed by atoms with Gasteiger partial charge in [0.05, 0.1) is 6.73 Å². The van der Waals surface area contributed by atoms with E-state index < -0.39 is 0 Å². The van der Waals surface area contributed by atoms with Gasteiger partial charge in [0.2, 0.25) is 0 Å². The summed E-state index contributed by atoms with van der Waals surface area (Å²) in [5.41, 5.74) is 0.955. The van der Waals surface area contributed by atoms with Gasteiger partial charge in [0.25, 0.3) is 0 Å². The number of phenols is 1. The second-order valence-corrected chi connectivity index (χ2v) is 3.79. The smallest absolute Gasteiger partial charge is 0.115 e. The molecule has 0 radical (unpaired) electrons. The van der Waals surface area contributed by atoms with Crippen molar-refractivity contribution in [2.24, 2.45) is 0 Å². The molecule has 0 aliphatic heterocycles. The molecule has 13 heavy (non-hydrogen) atoms. The molecular formula is C9H12BrNO2. The summed E-state index contributed by atoms with van der Waals surface area (Å²) in [7, 11) is 1.80. The fraction of sp³-hybridized carbons (Fsp3) is 0.333. The number of hydrogen-bond donors (Lipinski definition) is 2. The lowest BCUT2D eigenvalue weighted by Crippen LogP contribution is -2.18. The Morgan fingerprint density at radius 1 is 1.46 bits per heavy atom. The van der Waals surface area contributed by atoms with Crippen LogP contribution < -0.4 is 0 Å². The normalized spacial score (nSPS) is 10.8. The second kappa shape index (κ2) is 4.60. The highest BCUT2D eigenvalue weighted by atomic mass is 79.9. The molecule has 4 heteroatoms. The molecule has 1 aromatic rings. The van der Waals surface area contributed by atoms with Crippen molar-refractivity contribution in [3.63, 3.8) is 0 Å². The molecule has 0 spiro atoms. The van der Waals surface area contributed by atoms with Crippen LogP contribution in [0, 0.1) is 0 Å². The summed E-state index contributed by atoms with van der Waals surface area (Å²) in [4.78, 5) is 1.74. The molecule has 0 atom stereocenters. The largest absolute Gasteiger partial charge is 0.508 e. The maximum Gasteiger partial charge on any atom is 0.115 e. The van der Waals surface area contributed by atoms with Crippen LogP contribution in [0.1, 0.15) is 5.56 Å². The predicted molar refractivity (Wildman–Crippen MR) is 54.4 cm³/mol. The van der Waals surface area contributed by atoms with Crippen molar-refractivity contribution in [1.29, 1.82) is 0 Å². The van der Waals surface area contributed by atoms with E-state index in [1.807, 2.05) is 0 Å². The quantitative estimate of drug-likeness (QED) is 0.795. The molecule has 0 saturated heterocycles. The first-order chi connectivity index (χ1) is 6.13. The Balaban J connectivity index is 2.81. The van der Waals surface area contributed by atoms with Crippen LogP contribution in [-0.2, 0) is 6.54 Å². The topological polar surface area (TPSA) is 43.7 Å². The lowest BCUT2D eigenvalue weighted by molar-refractivity contribution is 0.126. The fourth-order valence-corrected chi connectivity index (χ4v) is 1.40. The summed E-state index contributed by atoms with van der Waals surface area (Å²) in [6, 6.07) is 5.08. The Morgan fingerprint density at radius 3 is 2.77 bits per heavy atom. The number of aliphatic hydroxyl groups is 1. The van der Waals surface area contributed by atoms with Crippen LogP contribution in [0.3, 0.4) is 0 Å². The first kappa shape index (κ1) is 10.5. The molecule has 0 bridgehead atoms. The van der Waals surface area contributed by atoms with Crippen molar-refractivity contribution < 1.29 is 10.2 Å². The van der Waals surface area contributed by atoms with Crippen molar-refractivity contribution in [2.75, 3.05) is 13.8 Å². The third-order valence-electron chi connectivity index (χ3n) is 1.71. The van der Waals surface area contributed by atoms with Crippen LogP contribution >= 0.6 is 15.9 Å². The first-order valence-electron chi connectivity index (χ1n) is 3.90. The van der Waals surface area contributed by atoms with Crippen LogP contribution in [0.15, 0.2) is 22.7 Å². The van der Waals surface area contributed by atoms with Crippen molar-refractivity contribution in [3.8, 4) is 5.75 Å². The van der Waals surface area contributed by atoms with E-state index in [-0.39, 0.29) is 12.5 Å². The average molecular weight is 246 g/mol. The van der Waals surface area contributed by atoms with Crippen molar-refractivity contribution in [3.05, 3.63) is 28.2 Å². The van der Waals surface area contributed by atoms with Crippen LogP contribution in [0.5, 0.6) is 5.75 Å². The monoisotopic (exact) mass is 245 g/mol. The SMILES string of the molecule is CN(CO)Cc1cc(O)ccc1Br. The number of aromatic hydroxyl groups is 1. The summed E-state index contributed by atoms with van der Waals surface area (Å²) in [6.45, 7) is 0.605. The number of aliphatic hydroxyl groups excluding tert-OH is 1. The predicted octanol–water partition coefficient (Wildman–Crippen LogP) is 1.54. The summed E-state index contributed by atoms with van der Waals surface area (Å²) in [5.74, 6) is 0.240. The maximum absolute atomic E-state index is 9.22. The molecule has 72 valence electrons. The molecule has 0 amide bonds. The van der Waals surface area contributed by atoms with E-state index >= 15 is 0 Å². The van der Waals surface area contributed by atoms with Gasteiger partial charge >= 0.3 is 0 Å². The Hall–Kier alpha value is -0.580. The van der Waals surface area contributed by atoms with Gasteiger partial charge in [-0.3, -0.25) is 4.90 Å². The van der Waals surface area contributed by atoms with Crippen molar-refractivity contribution in [2.45, 2.75) is 6.54 Å². The molecule has 0 aliphatic rings. The van der Waals surface area contributed by atoms with Crippen LogP contribution in [-0.4, -0.2) is 28.9 Å². The number of halogens is 1. The molecule has 2 N–H and O–H groups in total. The Labute approximate surface area is 85.7 Å². The zero-order valence-electron chi connectivity index (χ0n) is 7.37. The molecule has 0 fully saturated rings. The number of phenolic OH excluding ortho intramolecular Hbond substituents is 1. The molecule has 3 nitrogen and oxygen atoms in total. The van der Waals surface area contributed by atoms with Gasteiger partial charge in [0, 0.05) is 11.0 Å². The maximum atomic E-state index is 9.22. The standard InChI is InChI=1S/C9H12BrNO2/c1-11(6-12)5-7-4-8(13)2-3-9(7)10/h2-4,12-13H,5-6H2,1H3. The molecule has 0 saturated carbocycles. The van der Waals surface area contributed by atoms with Crippen LogP contribution in [0.4, 0.5) is 0 Å². The number of rotatable bonds is 3. The van der Waals surface area contributed by atoms with E-state index in [4.69, 9.17) is 5.11 Å². The minimum Gasteiger partial charge on any atom is -0.508 e. The fourth-order valence-electron chi connectivity index (χ4n) is 1.02. The van der Waals surface area contributed by atoms with Crippen molar-refractivity contribution in [1.82, 2.24) is 4.90 Å². The molecule has 1 aromatic carbocycles. The first-order valence-corrected chi connectivity index (χ1v) is 4.69. The Bertz CT molecular complexity index is 291. The van der Waals surface area contributed by atoms with Crippen LogP contribution in [0.25, 0.3) is 0 Å². The molecule has 0 aromatic heterocycles. The highest BCUT2D eigenvalue weighted by molar-refractivity contribution is 9.10. The van der Waals surface area contributed by atoms with E-state index in [0.29, 0.717) is 6.54 Å². The van der Waals surface area contributed by atoms with Gasteiger partial charge in [-0.15, -0.1) is 0 Å². The molecule has 0 heterocycles. The van der Waals surface area contributed by atoms with Gasteiger partial charge < -0.3 is 10.2 Å². The Morgan fingerprint density at radius 2 is 2.15 bits per heavy atom. The van der Waals surface area contributed by atoms with Gasteiger partial charge in [-0.1, -0.05) is 15.9 Å². The summed E-state index contributed by atoms with van der Waals surface area (Å²) in [6.07, 6.45) is 0. The number of hydrogen-bond acceptors (Lipinski definition) is 3. The third kappa shape index (κ3) is 2.99. The van der Waals surface area contributed by atoms with E-state index in [2.05, 4.69) is 15.9 Å². The summed E-state index contributed by atoms with van der Waals surface area (Å²) < 4.78 is 0.936. The van der Waals surface area contributed by atoms with E-state index in [1.54, 1.807) is 30.1 Å². The zero-order valence-corrected chi connectivity index (χ0v) is 8.95. The Kier molecular flexibility index (Phi) is 3.71. The molecule has 0 aliphatic carbocycles. The molecule has 0 unspecified atom stereocenters. The highest BCUT2D eigenvalue weighted by Crippen LogP contribution is 2.22. The summed E-state index contributed by atoms with van der Waals surface area (Å²) >= 11 is 3.37. The van der Waals surface area contributed by atoms with E-state index in [0.717, 1.165) is 10.0 Å². The van der Waals surface area contributed by atoms with Gasteiger partial charge in [0.1, 0.15) is 5.75 Å². The zero-order chi connectivity index (χ0) is 9.84. The van der Waals surface area contributed by atoms with Gasteiger partial charge in [-0.25, -0.2) is 0 Å². The van der Waals surface area contributed by atoms with Crippen molar-refractivity contribution >= 4 is 15.9 Å². The van der Waals surface area contributed by atoms with E-state index in [1.165, 1.54) is 0 Å². The highest BCUT2D eigenvalue weighted by Gasteiger charge is 2.03. The number of benzene rings is 1. The molecule has 1 rings (SSSR count). The summed E-state index contributed by atoms with van der Waals surface area (Å²) in [5, 5.41) is 18.0. The third-order valence-corrected chi connectivity index (χ3v) is 2.48. The lowest BCUT2D eigenvalue weighted by Gasteiger charge is -2.14. The second-order valence-electron chi connectivity index (χ2n) is 2.93. The van der Waals surface area contributed by atoms with Gasteiger partial charge in [-0.2, -0.15) is 0 Å². The average Bonchev–Trinajstić information content (AvgIpc) is 2.11.